The smallest absolute Gasteiger partial charge is 0.285 e. The highest BCUT2D eigenvalue weighted by Gasteiger charge is 2.39. The van der Waals surface area contributed by atoms with E-state index < -0.39 is 5.97 Å². The lowest BCUT2D eigenvalue weighted by Gasteiger charge is -2.37. The minimum atomic E-state index is -0.952. The number of hydrogen-bond donors (Lipinski definition) is 0. The minimum Gasteiger partial charge on any atom is -0.501 e. The second-order valence-corrected chi connectivity index (χ2v) is 4.66. The maximum Gasteiger partial charge on any atom is 0.285 e. The van der Waals surface area contributed by atoms with E-state index in [1.807, 2.05) is 34.6 Å². The molecule has 0 bridgehead atoms. The van der Waals surface area contributed by atoms with Gasteiger partial charge in [0.1, 0.15) is 0 Å². The first-order chi connectivity index (χ1) is 9.02. The van der Waals surface area contributed by atoms with Crippen molar-refractivity contribution in [1.29, 1.82) is 0 Å². The number of ether oxygens (including phenoxy) is 4. The van der Waals surface area contributed by atoms with Crippen LogP contribution in [0, 0.1) is 5.92 Å². The molecular formula is C15H30O4. The zero-order valence-electron chi connectivity index (χ0n) is 13.3. The molecule has 4 heteroatoms. The van der Waals surface area contributed by atoms with Crippen molar-refractivity contribution in [2.45, 2.75) is 53.9 Å². The molecule has 0 aliphatic carbocycles. The van der Waals surface area contributed by atoms with Crippen LogP contribution in [0.25, 0.3) is 0 Å². The summed E-state index contributed by atoms with van der Waals surface area (Å²) >= 11 is 0. The highest BCUT2D eigenvalue weighted by molar-refractivity contribution is 4.86. The maximum atomic E-state index is 5.73. The van der Waals surface area contributed by atoms with Crippen molar-refractivity contribution in [2.75, 3.05) is 26.4 Å². The van der Waals surface area contributed by atoms with Crippen LogP contribution in [-0.4, -0.2) is 32.4 Å². The van der Waals surface area contributed by atoms with Crippen molar-refractivity contribution in [3.63, 3.8) is 0 Å². The number of hydrogen-bond acceptors (Lipinski definition) is 4. The summed E-state index contributed by atoms with van der Waals surface area (Å²) in [7, 11) is 0. The standard InChI is InChI=1S/C15H30O4/c1-7-17-15(18-8-2,19-9-3)14(6)10-11-16-12-13(4)5/h12,14H,7-11H2,1-6H3. The van der Waals surface area contributed by atoms with Gasteiger partial charge in [-0.15, -0.1) is 0 Å². The molecule has 0 saturated carbocycles. The Labute approximate surface area is 118 Å². The zero-order chi connectivity index (χ0) is 14.7. The van der Waals surface area contributed by atoms with Crippen molar-refractivity contribution >= 4 is 0 Å². The molecule has 0 fully saturated rings. The molecule has 0 saturated heterocycles. The summed E-state index contributed by atoms with van der Waals surface area (Å²) in [4.78, 5) is 0. The molecule has 0 radical (unpaired) electrons. The van der Waals surface area contributed by atoms with E-state index >= 15 is 0 Å². The first kappa shape index (κ1) is 18.4. The third kappa shape index (κ3) is 6.95. The first-order valence-corrected chi connectivity index (χ1v) is 7.19. The minimum absolute atomic E-state index is 0.0953. The second kappa shape index (κ2) is 10.2. The molecule has 0 N–H and O–H groups in total. The van der Waals surface area contributed by atoms with Gasteiger partial charge in [-0.1, -0.05) is 6.92 Å². The quantitative estimate of drug-likeness (QED) is 0.327. The fraction of sp³-hybridized carbons (Fsp3) is 0.867. The van der Waals surface area contributed by atoms with Crippen molar-refractivity contribution in [3.05, 3.63) is 11.8 Å². The van der Waals surface area contributed by atoms with Crippen molar-refractivity contribution in [2.24, 2.45) is 5.92 Å². The summed E-state index contributed by atoms with van der Waals surface area (Å²) in [6.07, 6.45) is 2.58. The molecule has 19 heavy (non-hydrogen) atoms. The highest BCUT2D eigenvalue weighted by Crippen LogP contribution is 2.28. The van der Waals surface area contributed by atoms with Gasteiger partial charge in [-0.05, 0) is 46.6 Å². The summed E-state index contributed by atoms with van der Waals surface area (Å²) in [5.41, 5.74) is 1.15. The molecule has 0 aliphatic rings. The largest absolute Gasteiger partial charge is 0.501 e. The van der Waals surface area contributed by atoms with Crippen LogP contribution in [0.15, 0.2) is 11.8 Å². The van der Waals surface area contributed by atoms with Crippen LogP contribution in [0.2, 0.25) is 0 Å². The summed E-state index contributed by atoms with van der Waals surface area (Å²) in [5, 5.41) is 0. The molecule has 0 rings (SSSR count). The maximum absolute atomic E-state index is 5.73. The van der Waals surface area contributed by atoms with E-state index in [1.54, 1.807) is 6.26 Å². The van der Waals surface area contributed by atoms with Crippen LogP contribution >= 0.6 is 0 Å². The summed E-state index contributed by atoms with van der Waals surface area (Å²) in [6, 6.07) is 0. The van der Waals surface area contributed by atoms with Gasteiger partial charge in [-0.3, -0.25) is 0 Å². The van der Waals surface area contributed by atoms with E-state index in [4.69, 9.17) is 18.9 Å². The lowest BCUT2D eigenvalue weighted by molar-refractivity contribution is -0.400. The Bertz CT molecular complexity index is 230. The summed E-state index contributed by atoms with van der Waals surface area (Å²) in [5.74, 6) is -0.857. The van der Waals surface area contributed by atoms with Gasteiger partial charge in [-0.2, -0.15) is 0 Å². The fourth-order valence-electron chi connectivity index (χ4n) is 1.80. The van der Waals surface area contributed by atoms with Gasteiger partial charge >= 0.3 is 0 Å². The average molecular weight is 274 g/mol. The van der Waals surface area contributed by atoms with Crippen LogP contribution in [-0.2, 0) is 18.9 Å². The predicted octanol–water partition coefficient (Wildman–Crippen LogP) is 3.72. The van der Waals surface area contributed by atoms with Gasteiger partial charge in [0.15, 0.2) is 0 Å². The van der Waals surface area contributed by atoms with Crippen molar-refractivity contribution < 1.29 is 18.9 Å². The van der Waals surface area contributed by atoms with Gasteiger partial charge < -0.3 is 18.9 Å². The Kier molecular flexibility index (Phi) is 9.92. The van der Waals surface area contributed by atoms with E-state index in [1.165, 1.54) is 0 Å². The molecule has 4 nitrogen and oxygen atoms in total. The third-order valence-electron chi connectivity index (χ3n) is 2.63. The van der Waals surface area contributed by atoms with Gasteiger partial charge in [-0.25, -0.2) is 0 Å². The molecule has 0 aromatic heterocycles. The van der Waals surface area contributed by atoms with E-state index in [0.717, 1.165) is 12.0 Å². The molecule has 0 aliphatic heterocycles. The molecule has 1 unspecified atom stereocenters. The topological polar surface area (TPSA) is 36.9 Å². The van der Waals surface area contributed by atoms with Crippen LogP contribution in [0.5, 0.6) is 0 Å². The predicted molar refractivity (Wildman–Crippen MR) is 76.8 cm³/mol. The molecular weight excluding hydrogens is 244 g/mol. The Hall–Kier alpha value is -0.580. The van der Waals surface area contributed by atoms with Crippen LogP contribution in [0.1, 0.15) is 48.0 Å². The van der Waals surface area contributed by atoms with Crippen LogP contribution < -0.4 is 0 Å². The normalized spacial score (nSPS) is 13.2. The fourth-order valence-corrected chi connectivity index (χ4v) is 1.80. The lowest BCUT2D eigenvalue weighted by atomic mass is 10.1. The average Bonchev–Trinajstić information content (AvgIpc) is 2.35. The molecule has 1 atom stereocenters. The molecule has 114 valence electrons. The monoisotopic (exact) mass is 274 g/mol. The van der Waals surface area contributed by atoms with Gasteiger partial charge in [0.05, 0.1) is 12.9 Å². The Balaban J connectivity index is 4.50. The number of allylic oxidation sites excluding steroid dienone is 1. The molecule has 0 aromatic carbocycles. The molecule has 0 heterocycles. The van der Waals surface area contributed by atoms with E-state index in [-0.39, 0.29) is 5.92 Å². The van der Waals surface area contributed by atoms with E-state index in [9.17, 15) is 0 Å². The van der Waals surface area contributed by atoms with Gasteiger partial charge in [0, 0.05) is 25.7 Å². The summed E-state index contributed by atoms with van der Waals surface area (Å²) in [6.45, 7) is 14.2. The van der Waals surface area contributed by atoms with Crippen LogP contribution in [0.4, 0.5) is 0 Å². The second-order valence-electron chi connectivity index (χ2n) is 4.66. The van der Waals surface area contributed by atoms with E-state index in [2.05, 4.69) is 6.92 Å². The Morgan fingerprint density at radius 2 is 1.47 bits per heavy atom. The molecule has 0 amide bonds. The highest BCUT2D eigenvalue weighted by atomic mass is 16.9. The summed E-state index contributed by atoms with van der Waals surface area (Å²) < 4.78 is 22.7. The molecule has 0 aromatic rings. The third-order valence-corrected chi connectivity index (χ3v) is 2.63. The van der Waals surface area contributed by atoms with Crippen molar-refractivity contribution in [3.8, 4) is 0 Å². The number of rotatable bonds is 11. The van der Waals surface area contributed by atoms with Gasteiger partial charge in [0.2, 0.25) is 0 Å². The van der Waals surface area contributed by atoms with E-state index in [0.29, 0.717) is 26.4 Å². The first-order valence-electron chi connectivity index (χ1n) is 7.19. The van der Waals surface area contributed by atoms with Gasteiger partial charge in [0.25, 0.3) is 5.97 Å². The lowest BCUT2D eigenvalue weighted by Crippen LogP contribution is -2.46. The Morgan fingerprint density at radius 3 is 1.84 bits per heavy atom. The SMILES string of the molecule is CCOC(OCC)(OCC)C(C)CCOC=C(C)C. The Morgan fingerprint density at radius 1 is 1.00 bits per heavy atom. The zero-order valence-corrected chi connectivity index (χ0v) is 13.3. The molecule has 0 spiro atoms. The van der Waals surface area contributed by atoms with Crippen molar-refractivity contribution in [1.82, 2.24) is 0 Å². The van der Waals surface area contributed by atoms with Crippen LogP contribution in [0.3, 0.4) is 0 Å².